The first-order valence-electron chi connectivity index (χ1n) is 7.84. The molecule has 3 rings (SSSR count). The highest BCUT2D eigenvalue weighted by Crippen LogP contribution is 2.28. The highest BCUT2D eigenvalue weighted by Gasteiger charge is 2.16. The molecule has 6 heteroatoms. The number of rotatable bonds is 6. The van der Waals surface area contributed by atoms with Crippen molar-refractivity contribution < 1.29 is 14.3 Å². The van der Waals surface area contributed by atoms with Crippen LogP contribution in [0.15, 0.2) is 47.2 Å². The molecule has 2 heterocycles. The molecule has 0 amide bonds. The van der Waals surface area contributed by atoms with Gasteiger partial charge in [-0.15, -0.1) is 22.7 Å². The first-order valence-corrected chi connectivity index (χ1v) is 9.60. The summed E-state index contributed by atoms with van der Waals surface area (Å²) in [5, 5.41) is 4.38. The van der Waals surface area contributed by atoms with Gasteiger partial charge in [0.2, 0.25) is 0 Å². The van der Waals surface area contributed by atoms with Crippen molar-refractivity contribution in [3.63, 3.8) is 0 Å². The van der Waals surface area contributed by atoms with Gasteiger partial charge in [0.15, 0.2) is 18.1 Å². The smallest absolute Gasteiger partial charge is 0.358 e. The van der Waals surface area contributed by atoms with E-state index in [1.165, 1.54) is 11.3 Å². The van der Waals surface area contributed by atoms with Crippen LogP contribution in [0.5, 0.6) is 0 Å². The maximum absolute atomic E-state index is 12.2. The van der Waals surface area contributed by atoms with Crippen LogP contribution >= 0.6 is 22.7 Å². The van der Waals surface area contributed by atoms with Crippen LogP contribution in [0, 0.1) is 0 Å². The van der Waals surface area contributed by atoms with Crippen LogP contribution in [-0.2, 0) is 4.74 Å². The number of carbonyl (C=O) groups is 2. The van der Waals surface area contributed by atoms with Crippen molar-refractivity contribution in [2.75, 3.05) is 6.61 Å². The van der Waals surface area contributed by atoms with Crippen molar-refractivity contribution in [1.82, 2.24) is 4.98 Å². The number of hydrogen-bond donors (Lipinski definition) is 0. The quantitative estimate of drug-likeness (QED) is 0.450. The lowest BCUT2D eigenvalue weighted by Gasteiger charge is -2.06. The summed E-state index contributed by atoms with van der Waals surface area (Å²) in [6.45, 7) is 3.90. The number of ketones is 1. The summed E-state index contributed by atoms with van der Waals surface area (Å²) >= 11 is 2.95. The van der Waals surface area contributed by atoms with Crippen LogP contribution in [0.1, 0.15) is 46.2 Å². The van der Waals surface area contributed by atoms with E-state index in [-0.39, 0.29) is 18.1 Å². The molecule has 0 fully saturated rings. The van der Waals surface area contributed by atoms with E-state index in [1.807, 2.05) is 29.6 Å². The van der Waals surface area contributed by atoms with Crippen molar-refractivity contribution in [2.24, 2.45) is 0 Å². The average Bonchev–Trinajstić information content (AvgIpc) is 3.30. The molecule has 25 heavy (non-hydrogen) atoms. The Morgan fingerprint density at radius 1 is 1.12 bits per heavy atom. The Kier molecular flexibility index (Phi) is 5.40. The zero-order valence-corrected chi connectivity index (χ0v) is 15.5. The molecule has 0 spiro atoms. The highest BCUT2D eigenvalue weighted by molar-refractivity contribution is 7.20. The van der Waals surface area contributed by atoms with Crippen molar-refractivity contribution in [3.8, 4) is 9.88 Å². The van der Waals surface area contributed by atoms with Gasteiger partial charge in [-0.05, 0) is 22.9 Å². The third-order valence-electron chi connectivity index (χ3n) is 3.68. The molecule has 0 saturated heterocycles. The van der Waals surface area contributed by atoms with E-state index in [0.29, 0.717) is 11.5 Å². The van der Waals surface area contributed by atoms with Crippen LogP contribution in [0.4, 0.5) is 0 Å². The number of aromatic nitrogens is 1. The maximum Gasteiger partial charge on any atom is 0.358 e. The van der Waals surface area contributed by atoms with E-state index in [0.717, 1.165) is 15.4 Å². The van der Waals surface area contributed by atoms with Crippen molar-refractivity contribution in [1.29, 1.82) is 0 Å². The second-order valence-corrected chi connectivity index (χ2v) is 7.60. The topological polar surface area (TPSA) is 56.3 Å². The lowest BCUT2D eigenvalue weighted by molar-refractivity contribution is 0.0470. The second kappa shape index (κ2) is 7.72. The first-order chi connectivity index (χ1) is 12.0. The lowest BCUT2D eigenvalue weighted by Crippen LogP contribution is -2.14. The summed E-state index contributed by atoms with van der Waals surface area (Å²) < 4.78 is 5.11. The first kappa shape index (κ1) is 17.5. The largest absolute Gasteiger partial charge is 0.453 e. The van der Waals surface area contributed by atoms with Gasteiger partial charge in [0.05, 0.1) is 4.88 Å². The van der Waals surface area contributed by atoms with Crippen LogP contribution in [0.25, 0.3) is 9.88 Å². The van der Waals surface area contributed by atoms with Crippen molar-refractivity contribution in [3.05, 3.63) is 64.0 Å². The standard InChI is InChI=1S/C19H17NO3S2/c1-12(2)13-5-7-14(8-6-13)16(21)10-23-19(22)15-11-25-18(20-15)17-4-3-9-24-17/h3-9,11-12H,10H2,1-2H3. The zero-order chi connectivity index (χ0) is 17.8. The van der Waals surface area contributed by atoms with Gasteiger partial charge < -0.3 is 4.74 Å². The number of esters is 1. The third-order valence-corrected chi connectivity index (χ3v) is 5.56. The minimum atomic E-state index is -0.578. The van der Waals surface area contributed by atoms with Crippen LogP contribution in [-0.4, -0.2) is 23.3 Å². The highest BCUT2D eigenvalue weighted by atomic mass is 32.1. The Hall–Kier alpha value is -2.31. The summed E-state index contributed by atoms with van der Waals surface area (Å²) in [5.74, 6) is -0.396. The predicted octanol–water partition coefficient (Wildman–Crippen LogP) is 5.03. The molecule has 4 nitrogen and oxygen atoms in total. The van der Waals surface area contributed by atoms with Crippen LogP contribution in [0.2, 0.25) is 0 Å². The van der Waals surface area contributed by atoms with Crippen LogP contribution in [0.3, 0.4) is 0 Å². The van der Waals surface area contributed by atoms with E-state index in [9.17, 15) is 9.59 Å². The minimum Gasteiger partial charge on any atom is -0.453 e. The molecule has 0 unspecified atom stereocenters. The monoisotopic (exact) mass is 371 g/mol. The fourth-order valence-electron chi connectivity index (χ4n) is 2.22. The van der Waals surface area contributed by atoms with E-state index in [1.54, 1.807) is 28.8 Å². The average molecular weight is 371 g/mol. The van der Waals surface area contributed by atoms with E-state index < -0.39 is 5.97 Å². The Morgan fingerprint density at radius 3 is 2.52 bits per heavy atom. The number of thiophene rings is 1. The Bertz CT molecular complexity index is 864. The zero-order valence-electron chi connectivity index (χ0n) is 13.9. The van der Waals surface area contributed by atoms with Gasteiger partial charge in [0.1, 0.15) is 5.01 Å². The fourth-order valence-corrected chi connectivity index (χ4v) is 3.83. The van der Waals surface area contributed by atoms with Gasteiger partial charge in [0.25, 0.3) is 0 Å². The van der Waals surface area contributed by atoms with E-state index in [4.69, 9.17) is 4.74 Å². The molecule has 0 aliphatic heterocycles. The molecule has 0 atom stereocenters. The van der Waals surface area contributed by atoms with Gasteiger partial charge in [0, 0.05) is 10.9 Å². The summed E-state index contributed by atoms with van der Waals surface area (Å²) in [6.07, 6.45) is 0. The van der Waals surface area contributed by atoms with E-state index >= 15 is 0 Å². The van der Waals surface area contributed by atoms with Gasteiger partial charge in [-0.2, -0.15) is 0 Å². The Morgan fingerprint density at radius 2 is 1.88 bits per heavy atom. The Balaban J connectivity index is 1.59. The second-order valence-electron chi connectivity index (χ2n) is 5.79. The summed E-state index contributed by atoms with van der Waals surface area (Å²) in [6, 6.07) is 11.3. The molecule has 0 radical (unpaired) electrons. The molecule has 3 aromatic rings. The van der Waals surface area contributed by atoms with Gasteiger partial charge >= 0.3 is 5.97 Å². The molecule has 0 bridgehead atoms. The number of hydrogen-bond acceptors (Lipinski definition) is 6. The number of benzene rings is 1. The molecule has 0 N–H and O–H groups in total. The molecule has 2 aromatic heterocycles. The number of carbonyl (C=O) groups excluding carboxylic acids is 2. The summed E-state index contributed by atoms with van der Waals surface area (Å²) in [4.78, 5) is 29.5. The fraction of sp³-hybridized carbons (Fsp3) is 0.211. The predicted molar refractivity (Wildman–Crippen MR) is 101 cm³/mol. The van der Waals surface area contributed by atoms with Crippen molar-refractivity contribution in [2.45, 2.75) is 19.8 Å². The summed E-state index contributed by atoms with van der Waals surface area (Å²) in [7, 11) is 0. The molecular formula is C19H17NO3S2. The minimum absolute atomic E-state index is 0.225. The maximum atomic E-state index is 12.2. The third kappa shape index (κ3) is 4.21. The number of ether oxygens (including phenoxy) is 1. The molecule has 0 aliphatic carbocycles. The van der Waals surface area contributed by atoms with Gasteiger partial charge in [-0.25, -0.2) is 9.78 Å². The van der Waals surface area contributed by atoms with Crippen molar-refractivity contribution >= 4 is 34.4 Å². The number of nitrogens with zero attached hydrogens (tertiary/aromatic N) is 1. The van der Waals surface area contributed by atoms with Gasteiger partial charge in [-0.1, -0.05) is 44.2 Å². The SMILES string of the molecule is CC(C)c1ccc(C(=O)COC(=O)c2csc(-c3cccs3)n2)cc1. The molecule has 128 valence electrons. The van der Waals surface area contributed by atoms with Crippen LogP contribution < -0.4 is 0 Å². The van der Waals surface area contributed by atoms with Gasteiger partial charge in [-0.3, -0.25) is 4.79 Å². The Labute approximate surface area is 154 Å². The number of thiazole rings is 1. The normalized spacial score (nSPS) is 10.8. The molecule has 0 aliphatic rings. The molecular weight excluding hydrogens is 354 g/mol. The summed E-state index contributed by atoms with van der Waals surface area (Å²) in [5.41, 5.74) is 1.93. The lowest BCUT2D eigenvalue weighted by atomic mass is 10.0. The molecule has 1 aromatic carbocycles. The molecule has 0 saturated carbocycles. The number of Topliss-reactive ketones (excluding diaryl/α,β-unsaturated/α-hetero) is 1. The van der Waals surface area contributed by atoms with E-state index in [2.05, 4.69) is 18.8 Å².